The molecular formula is C14H12BF3O3. The van der Waals surface area contributed by atoms with Crippen molar-refractivity contribution in [1.29, 1.82) is 0 Å². The zero-order valence-electron chi connectivity index (χ0n) is 10.8. The van der Waals surface area contributed by atoms with Crippen molar-refractivity contribution < 1.29 is 28.0 Å². The molecule has 0 radical (unpaired) electrons. The van der Waals surface area contributed by atoms with Crippen molar-refractivity contribution in [2.75, 3.05) is 0 Å². The molecule has 0 aliphatic carbocycles. The lowest BCUT2D eigenvalue weighted by atomic mass is 9.80. The summed E-state index contributed by atoms with van der Waals surface area (Å²) < 4.78 is 42.5. The van der Waals surface area contributed by atoms with Crippen LogP contribution < -0.4 is 10.2 Å². The number of benzene rings is 2. The molecule has 7 heteroatoms. The second-order valence-corrected chi connectivity index (χ2v) is 4.43. The summed E-state index contributed by atoms with van der Waals surface area (Å²) >= 11 is 0. The van der Waals surface area contributed by atoms with Gasteiger partial charge in [0.25, 0.3) is 0 Å². The summed E-state index contributed by atoms with van der Waals surface area (Å²) in [4.78, 5) is 0. The van der Waals surface area contributed by atoms with Crippen LogP contribution in [0.25, 0.3) is 0 Å². The van der Waals surface area contributed by atoms with Crippen molar-refractivity contribution >= 4 is 12.6 Å². The second-order valence-electron chi connectivity index (χ2n) is 4.43. The molecule has 0 spiro atoms. The largest absolute Gasteiger partial charge is 0.489 e. The topological polar surface area (TPSA) is 49.7 Å². The fourth-order valence-corrected chi connectivity index (χ4v) is 1.69. The predicted octanol–water partition coefficient (Wildman–Crippen LogP) is 1.96. The summed E-state index contributed by atoms with van der Waals surface area (Å²) in [6.45, 7) is 0.174. The maximum atomic E-state index is 12.4. The zero-order chi connectivity index (χ0) is 15.5. The highest BCUT2D eigenvalue weighted by Crippen LogP contribution is 2.30. The Bertz CT molecular complexity index is 580. The molecule has 0 atom stereocenters. The first-order valence-electron chi connectivity index (χ1n) is 6.11. The number of halogens is 3. The van der Waals surface area contributed by atoms with Crippen LogP contribution in [0.3, 0.4) is 0 Å². The van der Waals surface area contributed by atoms with Crippen molar-refractivity contribution in [2.45, 2.75) is 12.8 Å². The highest BCUT2D eigenvalue weighted by atomic mass is 19.4. The Morgan fingerprint density at radius 2 is 1.48 bits per heavy atom. The monoisotopic (exact) mass is 296 g/mol. The first-order valence-corrected chi connectivity index (χ1v) is 6.11. The quantitative estimate of drug-likeness (QED) is 0.848. The second kappa shape index (κ2) is 6.20. The third-order valence-corrected chi connectivity index (χ3v) is 2.87. The maximum Gasteiger partial charge on any atom is 0.488 e. The zero-order valence-corrected chi connectivity index (χ0v) is 10.8. The molecule has 0 unspecified atom stereocenters. The van der Waals surface area contributed by atoms with Crippen LogP contribution in [0.5, 0.6) is 5.75 Å². The van der Waals surface area contributed by atoms with Crippen LogP contribution in [0.2, 0.25) is 0 Å². The lowest BCUT2D eigenvalue weighted by Gasteiger charge is -2.09. The smallest absolute Gasteiger partial charge is 0.488 e. The van der Waals surface area contributed by atoms with E-state index >= 15 is 0 Å². The molecule has 2 N–H and O–H groups in total. The molecule has 0 bridgehead atoms. The van der Waals surface area contributed by atoms with E-state index in [0.29, 0.717) is 11.2 Å². The summed E-state index contributed by atoms with van der Waals surface area (Å²) in [6, 6.07) is 10.8. The van der Waals surface area contributed by atoms with E-state index in [1.165, 1.54) is 24.3 Å². The molecule has 2 aromatic rings. The minimum Gasteiger partial charge on any atom is -0.489 e. The molecule has 0 aromatic heterocycles. The first kappa shape index (κ1) is 15.4. The third-order valence-electron chi connectivity index (χ3n) is 2.87. The lowest BCUT2D eigenvalue weighted by Crippen LogP contribution is -2.29. The van der Waals surface area contributed by atoms with Crippen LogP contribution >= 0.6 is 0 Å². The van der Waals surface area contributed by atoms with Crippen molar-refractivity contribution in [3.63, 3.8) is 0 Å². The van der Waals surface area contributed by atoms with E-state index in [0.717, 1.165) is 17.7 Å². The Kier molecular flexibility index (Phi) is 4.54. The fraction of sp³-hybridized carbons (Fsp3) is 0.143. The summed E-state index contributed by atoms with van der Waals surface area (Å²) in [5, 5.41) is 17.9. The maximum absolute atomic E-state index is 12.4. The van der Waals surface area contributed by atoms with E-state index in [1.807, 2.05) is 0 Å². The van der Waals surface area contributed by atoms with Gasteiger partial charge in [-0.25, -0.2) is 0 Å². The molecule has 0 aliphatic heterocycles. The molecule has 2 rings (SSSR count). The number of rotatable bonds is 4. The standard InChI is InChI=1S/C14H12BF3O3/c16-14(17,18)11-3-7-13(8-4-11)21-9-10-1-5-12(6-2-10)15(19)20/h1-8,19-20H,9H2. The normalized spacial score (nSPS) is 11.3. The van der Waals surface area contributed by atoms with Gasteiger partial charge in [0.2, 0.25) is 0 Å². The Balaban J connectivity index is 1.96. The van der Waals surface area contributed by atoms with Gasteiger partial charge in [0.15, 0.2) is 0 Å². The van der Waals surface area contributed by atoms with E-state index < -0.39 is 18.9 Å². The van der Waals surface area contributed by atoms with E-state index in [2.05, 4.69) is 0 Å². The number of alkyl halides is 3. The summed E-state index contributed by atoms with van der Waals surface area (Å²) in [6.07, 6.45) is -4.36. The van der Waals surface area contributed by atoms with E-state index in [-0.39, 0.29) is 6.61 Å². The minimum absolute atomic E-state index is 0.174. The molecule has 0 saturated heterocycles. The van der Waals surface area contributed by atoms with Crippen molar-refractivity contribution in [3.05, 3.63) is 59.7 Å². The van der Waals surface area contributed by atoms with Gasteiger partial charge in [-0.1, -0.05) is 24.3 Å². The van der Waals surface area contributed by atoms with Gasteiger partial charge in [-0.2, -0.15) is 13.2 Å². The molecule has 0 heterocycles. The highest BCUT2D eigenvalue weighted by Gasteiger charge is 2.29. The average molecular weight is 296 g/mol. The molecule has 0 fully saturated rings. The molecule has 3 nitrogen and oxygen atoms in total. The molecular weight excluding hydrogens is 284 g/mol. The van der Waals surface area contributed by atoms with Crippen LogP contribution in [0.4, 0.5) is 13.2 Å². The minimum atomic E-state index is -4.36. The van der Waals surface area contributed by atoms with Crippen molar-refractivity contribution in [2.24, 2.45) is 0 Å². The number of hydrogen-bond acceptors (Lipinski definition) is 3. The van der Waals surface area contributed by atoms with Crippen LogP contribution in [0, 0.1) is 0 Å². The van der Waals surface area contributed by atoms with Gasteiger partial charge >= 0.3 is 13.3 Å². The lowest BCUT2D eigenvalue weighted by molar-refractivity contribution is -0.137. The van der Waals surface area contributed by atoms with Gasteiger partial charge in [-0.15, -0.1) is 0 Å². The number of ether oxygens (including phenoxy) is 1. The van der Waals surface area contributed by atoms with Crippen molar-refractivity contribution in [3.8, 4) is 5.75 Å². The molecule has 0 aliphatic rings. The van der Waals surface area contributed by atoms with Gasteiger partial charge < -0.3 is 14.8 Å². The highest BCUT2D eigenvalue weighted by molar-refractivity contribution is 6.58. The van der Waals surface area contributed by atoms with Gasteiger partial charge in [0.05, 0.1) is 5.56 Å². The number of hydrogen-bond donors (Lipinski definition) is 2. The van der Waals surface area contributed by atoms with Crippen LogP contribution in [-0.4, -0.2) is 17.2 Å². The van der Waals surface area contributed by atoms with Crippen LogP contribution in [0.1, 0.15) is 11.1 Å². The Hall–Kier alpha value is -1.99. The SMILES string of the molecule is OB(O)c1ccc(COc2ccc(C(F)(F)F)cc2)cc1. The average Bonchev–Trinajstić information content (AvgIpc) is 2.45. The molecule has 0 saturated carbocycles. The van der Waals surface area contributed by atoms with E-state index in [9.17, 15) is 13.2 Å². The van der Waals surface area contributed by atoms with E-state index in [1.54, 1.807) is 12.1 Å². The predicted molar refractivity (Wildman–Crippen MR) is 72.0 cm³/mol. The summed E-state index contributed by atoms with van der Waals surface area (Å²) in [5.74, 6) is 0.328. The molecule has 2 aromatic carbocycles. The molecule has 21 heavy (non-hydrogen) atoms. The van der Waals surface area contributed by atoms with Gasteiger partial charge in [0, 0.05) is 0 Å². The first-order chi connectivity index (χ1) is 9.86. The fourth-order valence-electron chi connectivity index (χ4n) is 1.69. The summed E-state index contributed by atoms with van der Waals surface area (Å²) in [7, 11) is -1.53. The van der Waals surface area contributed by atoms with E-state index in [4.69, 9.17) is 14.8 Å². The molecule has 110 valence electrons. The van der Waals surface area contributed by atoms with Crippen LogP contribution in [-0.2, 0) is 12.8 Å². The summed E-state index contributed by atoms with van der Waals surface area (Å²) in [5.41, 5.74) is 0.392. The Labute approximate surface area is 119 Å². The van der Waals surface area contributed by atoms with Gasteiger partial charge in [-0.05, 0) is 35.3 Å². The van der Waals surface area contributed by atoms with Gasteiger partial charge in [0.1, 0.15) is 12.4 Å². The Morgan fingerprint density at radius 3 is 1.95 bits per heavy atom. The van der Waals surface area contributed by atoms with Gasteiger partial charge in [-0.3, -0.25) is 0 Å². The van der Waals surface area contributed by atoms with Crippen molar-refractivity contribution in [1.82, 2.24) is 0 Å². The Morgan fingerprint density at radius 1 is 0.905 bits per heavy atom. The van der Waals surface area contributed by atoms with Crippen LogP contribution in [0.15, 0.2) is 48.5 Å². The third kappa shape index (κ3) is 4.24. The molecule has 0 amide bonds.